The van der Waals surface area contributed by atoms with Crippen LogP contribution >= 0.6 is 0 Å². The van der Waals surface area contributed by atoms with Crippen LogP contribution in [0.1, 0.15) is 27.8 Å². The van der Waals surface area contributed by atoms with Gasteiger partial charge in [-0.3, -0.25) is 0 Å². The van der Waals surface area contributed by atoms with Crippen LogP contribution in [0.3, 0.4) is 0 Å². The lowest BCUT2D eigenvalue weighted by Gasteiger charge is -2.30. The molecule has 0 aromatic heterocycles. The van der Waals surface area contributed by atoms with Crippen LogP contribution in [0.4, 0.5) is 34.1 Å². The van der Waals surface area contributed by atoms with Gasteiger partial charge in [0.15, 0.2) is 0 Å². The molecule has 5 aromatic rings. The molecular formula is C35H31N3. The third-order valence-corrected chi connectivity index (χ3v) is 6.59. The van der Waals surface area contributed by atoms with Crippen molar-refractivity contribution in [2.45, 2.75) is 27.7 Å². The van der Waals surface area contributed by atoms with E-state index in [1.807, 2.05) is 12.1 Å². The molecule has 5 aromatic carbocycles. The van der Waals surface area contributed by atoms with Crippen LogP contribution in [0.2, 0.25) is 0 Å². The molecule has 0 saturated carbocycles. The smallest absolute Gasteiger partial charge is 0.0993 e. The molecule has 38 heavy (non-hydrogen) atoms. The van der Waals surface area contributed by atoms with Gasteiger partial charge in [-0.15, -0.1) is 0 Å². The first-order valence-corrected chi connectivity index (χ1v) is 12.8. The molecular weight excluding hydrogens is 462 g/mol. The molecule has 0 N–H and O–H groups in total. The van der Waals surface area contributed by atoms with E-state index in [2.05, 4.69) is 147 Å². The van der Waals surface area contributed by atoms with Gasteiger partial charge < -0.3 is 9.80 Å². The van der Waals surface area contributed by atoms with Crippen LogP contribution in [-0.2, 0) is 0 Å². The van der Waals surface area contributed by atoms with E-state index in [4.69, 9.17) is 0 Å². The highest BCUT2D eigenvalue weighted by atomic mass is 15.2. The van der Waals surface area contributed by atoms with Gasteiger partial charge in [0.05, 0.1) is 11.6 Å². The van der Waals surface area contributed by atoms with Gasteiger partial charge in [0, 0.05) is 34.1 Å². The lowest BCUT2D eigenvalue weighted by atomic mass is 10.1. The maximum atomic E-state index is 10.1. The van der Waals surface area contributed by atoms with Gasteiger partial charge in [-0.1, -0.05) is 48.5 Å². The Morgan fingerprint density at radius 3 is 1.00 bits per heavy atom. The quantitative estimate of drug-likeness (QED) is 0.236. The number of nitriles is 1. The highest BCUT2D eigenvalue weighted by Crippen LogP contribution is 2.41. The van der Waals surface area contributed by atoms with E-state index in [1.165, 1.54) is 22.3 Å². The highest BCUT2D eigenvalue weighted by molar-refractivity contribution is 5.84. The summed E-state index contributed by atoms with van der Waals surface area (Å²) in [6.07, 6.45) is 0. The lowest BCUT2D eigenvalue weighted by molar-refractivity contribution is 1.23. The number of anilines is 6. The van der Waals surface area contributed by atoms with Crippen LogP contribution in [0.15, 0.2) is 115 Å². The van der Waals surface area contributed by atoms with Crippen LogP contribution in [0.5, 0.6) is 0 Å². The van der Waals surface area contributed by atoms with Gasteiger partial charge in [-0.2, -0.15) is 5.26 Å². The monoisotopic (exact) mass is 493 g/mol. The van der Waals surface area contributed by atoms with E-state index >= 15 is 0 Å². The summed E-state index contributed by atoms with van der Waals surface area (Å²) in [4.78, 5) is 4.46. The molecule has 0 heterocycles. The van der Waals surface area contributed by atoms with Gasteiger partial charge in [0.2, 0.25) is 0 Å². The van der Waals surface area contributed by atoms with E-state index in [1.54, 1.807) is 0 Å². The Labute approximate surface area is 225 Å². The van der Waals surface area contributed by atoms with Crippen molar-refractivity contribution < 1.29 is 0 Å². The molecule has 0 radical (unpaired) electrons. The highest BCUT2D eigenvalue weighted by Gasteiger charge is 2.19. The van der Waals surface area contributed by atoms with E-state index in [0.29, 0.717) is 5.56 Å². The first kappa shape index (κ1) is 24.9. The number of hydrogen-bond donors (Lipinski definition) is 0. The molecule has 0 bridgehead atoms. The third kappa shape index (κ3) is 5.31. The summed E-state index contributed by atoms with van der Waals surface area (Å²) < 4.78 is 0. The summed E-state index contributed by atoms with van der Waals surface area (Å²) in [5.74, 6) is 0. The second kappa shape index (κ2) is 10.7. The number of nitrogens with zero attached hydrogens (tertiary/aromatic N) is 3. The molecule has 3 heteroatoms. The van der Waals surface area contributed by atoms with Gasteiger partial charge in [0.25, 0.3) is 0 Å². The van der Waals surface area contributed by atoms with Crippen molar-refractivity contribution in [3.8, 4) is 6.07 Å². The van der Waals surface area contributed by atoms with Crippen LogP contribution < -0.4 is 9.80 Å². The van der Waals surface area contributed by atoms with Crippen LogP contribution in [0.25, 0.3) is 0 Å². The Balaban J connectivity index is 1.76. The first-order chi connectivity index (χ1) is 18.4. The predicted octanol–water partition coefficient (Wildman–Crippen LogP) is 9.73. The second-order valence-corrected chi connectivity index (χ2v) is 9.88. The maximum Gasteiger partial charge on any atom is 0.0993 e. The Morgan fingerprint density at radius 2 is 0.737 bits per heavy atom. The molecule has 0 amide bonds. The van der Waals surface area contributed by atoms with Gasteiger partial charge in [-0.05, 0) is 117 Å². The van der Waals surface area contributed by atoms with Gasteiger partial charge in [-0.25, -0.2) is 0 Å². The number of aryl methyl sites for hydroxylation is 4. The standard InChI is InChI=1S/C35H31N3/c1-25-9-5-13-30(17-25)37(31-14-6-10-26(2)18-31)34-21-29(24-36)22-35(23-34)38(32-15-7-11-27(3)19-32)33-16-8-12-28(4)20-33/h5-23H,1-4H3. The van der Waals surface area contributed by atoms with Crippen molar-refractivity contribution in [3.05, 3.63) is 143 Å². The number of hydrogen-bond acceptors (Lipinski definition) is 3. The fourth-order valence-corrected chi connectivity index (χ4v) is 4.88. The first-order valence-electron chi connectivity index (χ1n) is 12.8. The average molecular weight is 494 g/mol. The van der Waals surface area contributed by atoms with Gasteiger partial charge in [0.1, 0.15) is 0 Å². The van der Waals surface area contributed by atoms with Crippen molar-refractivity contribution >= 4 is 34.1 Å². The fraction of sp³-hybridized carbons (Fsp3) is 0.114. The molecule has 0 aliphatic carbocycles. The zero-order valence-electron chi connectivity index (χ0n) is 22.3. The molecule has 0 aliphatic rings. The molecule has 0 spiro atoms. The molecule has 0 fully saturated rings. The maximum absolute atomic E-state index is 10.1. The van der Waals surface area contributed by atoms with E-state index < -0.39 is 0 Å². The third-order valence-electron chi connectivity index (χ3n) is 6.59. The number of rotatable bonds is 6. The molecule has 0 saturated heterocycles. The SMILES string of the molecule is Cc1cccc(N(c2cccc(C)c2)c2cc(C#N)cc(N(c3cccc(C)c3)c3cccc(C)c3)c2)c1. The minimum atomic E-state index is 0.605. The normalized spacial score (nSPS) is 10.6. The zero-order valence-corrected chi connectivity index (χ0v) is 22.3. The van der Waals surface area contributed by atoms with Crippen molar-refractivity contribution in [1.29, 1.82) is 5.26 Å². The fourth-order valence-electron chi connectivity index (χ4n) is 4.88. The van der Waals surface area contributed by atoms with E-state index in [0.717, 1.165) is 34.1 Å². The summed E-state index contributed by atoms with van der Waals surface area (Å²) in [5, 5.41) is 10.1. The lowest BCUT2D eigenvalue weighted by Crippen LogP contribution is -2.14. The Hall–Kier alpha value is -4.81. The summed E-state index contributed by atoms with van der Waals surface area (Å²) in [6.45, 7) is 8.41. The summed E-state index contributed by atoms with van der Waals surface area (Å²) >= 11 is 0. The molecule has 5 rings (SSSR count). The Bertz CT molecular complexity index is 1440. The van der Waals surface area contributed by atoms with Gasteiger partial charge >= 0.3 is 0 Å². The molecule has 3 nitrogen and oxygen atoms in total. The minimum Gasteiger partial charge on any atom is -0.310 e. The summed E-state index contributed by atoms with van der Waals surface area (Å²) in [7, 11) is 0. The second-order valence-electron chi connectivity index (χ2n) is 9.88. The molecule has 0 unspecified atom stereocenters. The minimum absolute atomic E-state index is 0.605. The van der Waals surface area contributed by atoms with E-state index in [-0.39, 0.29) is 0 Å². The van der Waals surface area contributed by atoms with Crippen molar-refractivity contribution in [2.24, 2.45) is 0 Å². The zero-order chi connectivity index (χ0) is 26.6. The van der Waals surface area contributed by atoms with Crippen LogP contribution in [-0.4, -0.2) is 0 Å². The topological polar surface area (TPSA) is 30.3 Å². The van der Waals surface area contributed by atoms with Crippen LogP contribution in [0, 0.1) is 39.0 Å². The number of benzene rings is 5. The van der Waals surface area contributed by atoms with Crippen molar-refractivity contribution in [1.82, 2.24) is 0 Å². The summed E-state index contributed by atoms with van der Waals surface area (Å²) in [6, 6.07) is 42.5. The molecule has 186 valence electrons. The molecule has 0 atom stereocenters. The van der Waals surface area contributed by atoms with Crippen molar-refractivity contribution in [3.63, 3.8) is 0 Å². The predicted molar refractivity (Wildman–Crippen MR) is 159 cm³/mol. The molecule has 0 aliphatic heterocycles. The van der Waals surface area contributed by atoms with E-state index in [9.17, 15) is 5.26 Å². The average Bonchev–Trinajstić information content (AvgIpc) is 2.89. The Kier molecular flexibility index (Phi) is 6.98. The Morgan fingerprint density at radius 1 is 0.421 bits per heavy atom. The largest absolute Gasteiger partial charge is 0.310 e. The summed E-state index contributed by atoms with van der Waals surface area (Å²) in [5.41, 5.74) is 11.4. The van der Waals surface area contributed by atoms with Crippen molar-refractivity contribution in [2.75, 3.05) is 9.80 Å².